The fraction of sp³-hybridized carbons (Fsp3) is 0.333. The molecular weight excluding hydrogens is 300 g/mol. The molecule has 2 N–H and O–H groups in total. The lowest BCUT2D eigenvalue weighted by Gasteiger charge is -2.26. The Morgan fingerprint density at radius 2 is 2.29 bits per heavy atom. The summed E-state index contributed by atoms with van der Waals surface area (Å²) in [6, 6.07) is 4.20. The molecule has 1 aromatic rings. The summed E-state index contributed by atoms with van der Waals surface area (Å²) < 4.78 is 0. The molecule has 112 valence electrons. The van der Waals surface area contributed by atoms with Crippen LogP contribution in [0.15, 0.2) is 18.2 Å². The second-order valence-electron chi connectivity index (χ2n) is 4.44. The third-order valence-electron chi connectivity index (χ3n) is 2.98. The van der Waals surface area contributed by atoms with Gasteiger partial charge in [-0.3, -0.25) is 19.7 Å². The average Bonchev–Trinajstić information content (AvgIpc) is 2.45. The number of anilines is 1. The van der Waals surface area contributed by atoms with Crippen molar-refractivity contribution in [2.24, 2.45) is 0 Å². The van der Waals surface area contributed by atoms with Crippen LogP contribution >= 0.6 is 11.6 Å². The van der Waals surface area contributed by atoms with Crippen LogP contribution in [-0.4, -0.2) is 47.8 Å². The number of halogens is 1. The number of nitro benzene ring substituents is 1. The van der Waals surface area contributed by atoms with E-state index in [0.717, 1.165) is 0 Å². The zero-order valence-corrected chi connectivity index (χ0v) is 11.7. The molecule has 0 unspecified atom stereocenters. The molecule has 0 bridgehead atoms. The second-order valence-corrected chi connectivity index (χ2v) is 4.85. The molecule has 1 aromatic carbocycles. The van der Waals surface area contributed by atoms with E-state index in [-0.39, 0.29) is 35.6 Å². The first-order chi connectivity index (χ1) is 9.97. The van der Waals surface area contributed by atoms with Gasteiger partial charge in [-0.15, -0.1) is 0 Å². The van der Waals surface area contributed by atoms with Crippen molar-refractivity contribution in [3.05, 3.63) is 33.3 Å². The topological polar surface area (TPSA) is 105 Å². The van der Waals surface area contributed by atoms with Gasteiger partial charge in [-0.1, -0.05) is 11.6 Å². The lowest BCUT2D eigenvalue weighted by molar-refractivity contribution is -0.384. The summed E-state index contributed by atoms with van der Waals surface area (Å²) in [4.78, 5) is 34.7. The summed E-state index contributed by atoms with van der Waals surface area (Å²) in [5.74, 6) is -0.445. The predicted molar refractivity (Wildman–Crippen MR) is 76.2 cm³/mol. The number of piperazine rings is 1. The van der Waals surface area contributed by atoms with Crippen molar-refractivity contribution in [2.45, 2.75) is 0 Å². The van der Waals surface area contributed by atoms with Crippen LogP contribution in [0.1, 0.15) is 0 Å². The summed E-state index contributed by atoms with van der Waals surface area (Å²) in [5.41, 5.74) is 0.187. The molecule has 0 aromatic heterocycles. The smallest absolute Gasteiger partial charge is 0.289 e. The van der Waals surface area contributed by atoms with Crippen LogP contribution in [-0.2, 0) is 9.59 Å². The average molecular weight is 313 g/mol. The maximum atomic E-state index is 11.9. The summed E-state index contributed by atoms with van der Waals surface area (Å²) in [5, 5.41) is 16.2. The number of nitrogens with zero attached hydrogens (tertiary/aromatic N) is 2. The van der Waals surface area contributed by atoms with Gasteiger partial charge in [-0.05, 0) is 12.1 Å². The summed E-state index contributed by atoms with van der Waals surface area (Å²) in [6.45, 7) is 0.858. The number of nitro groups is 1. The Labute approximate surface area is 125 Å². The number of hydrogen-bond acceptors (Lipinski definition) is 5. The van der Waals surface area contributed by atoms with Gasteiger partial charge >= 0.3 is 0 Å². The van der Waals surface area contributed by atoms with E-state index >= 15 is 0 Å². The quantitative estimate of drug-likeness (QED) is 0.626. The van der Waals surface area contributed by atoms with Gasteiger partial charge in [0.15, 0.2) is 0 Å². The van der Waals surface area contributed by atoms with Gasteiger partial charge in [0.1, 0.15) is 5.02 Å². The highest BCUT2D eigenvalue weighted by Gasteiger charge is 2.21. The first kappa shape index (κ1) is 15.0. The Kier molecular flexibility index (Phi) is 4.59. The molecule has 1 fully saturated rings. The van der Waals surface area contributed by atoms with Gasteiger partial charge in [-0.25, -0.2) is 0 Å². The molecule has 1 aliphatic rings. The van der Waals surface area contributed by atoms with Crippen molar-refractivity contribution in [3.63, 3.8) is 0 Å². The number of rotatable bonds is 4. The molecule has 2 rings (SSSR count). The van der Waals surface area contributed by atoms with E-state index in [4.69, 9.17) is 11.6 Å². The van der Waals surface area contributed by atoms with Crippen LogP contribution in [0.25, 0.3) is 0 Å². The van der Waals surface area contributed by atoms with Crippen LogP contribution in [0.4, 0.5) is 11.4 Å². The van der Waals surface area contributed by atoms with Gasteiger partial charge in [-0.2, -0.15) is 0 Å². The molecule has 21 heavy (non-hydrogen) atoms. The molecule has 0 atom stereocenters. The van der Waals surface area contributed by atoms with E-state index in [9.17, 15) is 19.7 Å². The third-order valence-corrected chi connectivity index (χ3v) is 3.30. The van der Waals surface area contributed by atoms with Crippen molar-refractivity contribution in [3.8, 4) is 0 Å². The predicted octanol–water partition coefficient (Wildman–Crippen LogP) is 0.618. The lowest BCUT2D eigenvalue weighted by atomic mass is 10.2. The molecule has 0 radical (unpaired) electrons. The Morgan fingerprint density at radius 3 is 2.95 bits per heavy atom. The van der Waals surface area contributed by atoms with Crippen molar-refractivity contribution >= 4 is 34.8 Å². The van der Waals surface area contributed by atoms with Gasteiger partial charge in [0.05, 0.1) is 18.0 Å². The SMILES string of the molecule is O=C1CN(C(=O)CNc2ccc(Cl)c([N+](=O)[O-])c2)CCN1. The first-order valence-corrected chi connectivity index (χ1v) is 6.57. The van der Waals surface area contributed by atoms with Crippen molar-refractivity contribution < 1.29 is 14.5 Å². The maximum Gasteiger partial charge on any atom is 0.289 e. The lowest BCUT2D eigenvalue weighted by Crippen LogP contribution is -2.51. The zero-order valence-electron chi connectivity index (χ0n) is 11.0. The van der Waals surface area contributed by atoms with Gasteiger partial charge in [0, 0.05) is 24.8 Å². The summed E-state index contributed by atoms with van der Waals surface area (Å²) in [6.07, 6.45) is 0. The normalized spacial score (nSPS) is 14.5. The molecule has 1 saturated heterocycles. The fourth-order valence-corrected chi connectivity index (χ4v) is 2.09. The molecule has 0 saturated carbocycles. The van der Waals surface area contributed by atoms with Crippen LogP contribution in [0, 0.1) is 10.1 Å². The highest BCUT2D eigenvalue weighted by Crippen LogP contribution is 2.27. The molecule has 1 heterocycles. The number of benzene rings is 1. The number of amides is 2. The standard InChI is InChI=1S/C12H13ClN4O4/c13-9-2-1-8(5-10(9)17(20)21)15-6-12(19)16-4-3-14-11(18)7-16/h1-2,5,15H,3-4,6-7H2,(H,14,18). The van der Waals surface area contributed by atoms with Crippen molar-refractivity contribution in [1.82, 2.24) is 10.2 Å². The highest BCUT2D eigenvalue weighted by atomic mass is 35.5. The Bertz CT molecular complexity index is 593. The molecule has 1 aliphatic heterocycles. The maximum absolute atomic E-state index is 11.9. The van der Waals surface area contributed by atoms with Gasteiger partial charge in [0.2, 0.25) is 11.8 Å². The second kappa shape index (κ2) is 6.40. The number of nitrogens with one attached hydrogen (secondary N) is 2. The van der Waals surface area contributed by atoms with Gasteiger partial charge < -0.3 is 15.5 Å². The van der Waals surface area contributed by atoms with E-state index in [0.29, 0.717) is 18.8 Å². The minimum absolute atomic E-state index is 0.0290. The monoisotopic (exact) mass is 312 g/mol. The minimum atomic E-state index is -0.593. The van der Waals surface area contributed by atoms with Crippen LogP contribution < -0.4 is 10.6 Å². The minimum Gasteiger partial charge on any atom is -0.376 e. The molecular formula is C12H13ClN4O4. The van der Waals surface area contributed by atoms with E-state index < -0.39 is 4.92 Å². The van der Waals surface area contributed by atoms with Gasteiger partial charge in [0.25, 0.3) is 5.69 Å². The van der Waals surface area contributed by atoms with Crippen molar-refractivity contribution in [1.29, 1.82) is 0 Å². The van der Waals surface area contributed by atoms with E-state index in [1.54, 1.807) is 6.07 Å². The first-order valence-electron chi connectivity index (χ1n) is 6.19. The largest absolute Gasteiger partial charge is 0.376 e. The third kappa shape index (κ3) is 3.82. The number of carbonyl (C=O) groups is 2. The van der Waals surface area contributed by atoms with Crippen LogP contribution in [0.3, 0.4) is 0 Å². The summed E-state index contributed by atoms with van der Waals surface area (Å²) in [7, 11) is 0. The van der Waals surface area contributed by atoms with Crippen LogP contribution in [0.5, 0.6) is 0 Å². The molecule has 9 heteroatoms. The van der Waals surface area contributed by atoms with Crippen molar-refractivity contribution in [2.75, 3.05) is 31.5 Å². The Balaban J connectivity index is 1.96. The number of hydrogen-bond donors (Lipinski definition) is 2. The highest BCUT2D eigenvalue weighted by molar-refractivity contribution is 6.32. The number of carbonyl (C=O) groups excluding carboxylic acids is 2. The zero-order chi connectivity index (χ0) is 15.4. The molecule has 8 nitrogen and oxygen atoms in total. The fourth-order valence-electron chi connectivity index (χ4n) is 1.90. The van der Waals surface area contributed by atoms with E-state index in [2.05, 4.69) is 10.6 Å². The van der Waals surface area contributed by atoms with Crippen LogP contribution in [0.2, 0.25) is 5.02 Å². The Morgan fingerprint density at radius 1 is 1.52 bits per heavy atom. The molecule has 0 spiro atoms. The Hall–Kier alpha value is -2.35. The van der Waals surface area contributed by atoms with E-state index in [1.165, 1.54) is 17.0 Å². The molecule has 0 aliphatic carbocycles. The summed E-state index contributed by atoms with van der Waals surface area (Å²) >= 11 is 5.70. The van der Waals surface area contributed by atoms with E-state index in [1.807, 2.05) is 0 Å². The molecule has 2 amide bonds.